The highest BCUT2D eigenvalue weighted by atomic mass is 32.1. The average molecular weight is 477 g/mol. The van der Waals surface area contributed by atoms with Gasteiger partial charge in [0.1, 0.15) is 5.75 Å². The van der Waals surface area contributed by atoms with Gasteiger partial charge < -0.3 is 19.5 Å². The summed E-state index contributed by atoms with van der Waals surface area (Å²) in [4.78, 5) is 6.92. The summed E-state index contributed by atoms with van der Waals surface area (Å²) in [5, 5.41) is 8.54. The van der Waals surface area contributed by atoms with Gasteiger partial charge in [-0.3, -0.25) is 0 Å². The van der Waals surface area contributed by atoms with Gasteiger partial charge in [-0.15, -0.1) is 0 Å². The van der Waals surface area contributed by atoms with Crippen LogP contribution in [0.4, 0.5) is 0 Å². The molecule has 1 atom stereocenters. The lowest BCUT2D eigenvalue weighted by atomic mass is 9.93. The maximum Gasteiger partial charge on any atom is 0.258 e. The molecule has 0 radical (unpaired) electrons. The molecule has 2 heterocycles. The largest absolute Gasteiger partial charge is 0.494 e. The van der Waals surface area contributed by atoms with Crippen LogP contribution in [0, 0.1) is 5.92 Å². The third-order valence-corrected chi connectivity index (χ3v) is 6.28. The maximum atomic E-state index is 5.83. The SMILES string of the molecule is CCOc1ccc(-c2noc(C3=C(C)N(CC(C)C)C(=S)NC3c3ccc(CC)cc3)n2)cc1. The topological polar surface area (TPSA) is 63.4 Å². The van der Waals surface area contributed by atoms with E-state index in [1.807, 2.05) is 31.2 Å². The van der Waals surface area contributed by atoms with Gasteiger partial charge in [0.15, 0.2) is 5.11 Å². The van der Waals surface area contributed by atoms with E-state index in [1.165, 1.54) is 5.56 Å². The van der Waals surface area contributed by atoms with Gasteiger partial charge in [0, 0.05) is 17.8 Å². The van der Waals surface area contributed by atoms with Gasteiger partial charge in [0.25, 0.3) is 5.89 Å². The van der Waals surface area contributed by atoms with Gasteiger partial charge in [-0.05, 0) is 73.8 Å². The number of thiocarbonyl (C=S) groups is 1. The molecule has 0 amide bonds. The van der Waals surface area contributed by atoms with Crippen molar-refractivity contribution in [2.24, 2.45) is 5.92 Å². The number of aryl methyl sites for hydroxylation is 1. The van der Waals surface area contributed by atoms with E-state index in [0.29, 0.717) is 29.4 Å². The summed E-state index contributed by atoms with van der Waals surface area (Å²) in [6.45, 7) is 12.0. The second-order valence-electron chi connectivity index (χ2n) is 8.86. The number of hydrogen-bond donors (Lipinski definition) is 1. The molecule has 178 valence electrons. The maximum absolute atomic E-state index is 5.83. The van der Waals surface area contributed by atoms with Crippen molar-refractivity contribution in [3.8, 4) is 17.1 Å². The summed E-state index contributed by atoms with van der Waals surface area (Å²) < 4.78 is 11.4. The molecule has 0 bridgehead atoms. The molecule has 1 aromatic heterocycles. The van der Waals surface area contributed by atoms with Crippen LogP contribution in [0.25, 0.3) is 17.0 Å². The lowest BCUT2D eigenvalue weighted by molar-refractivity contribution is 0.340. The number of nitrogens with zero attached hydrogens (tertiary/aromatic N) is 3. The van der Waals surface area contributed by atoms with Crippen LogP contribution in [0.2, 0.25) is 0 Å². The smallest absolute Gasteiger partial charge is 0.258 e. The summed E-state index contributed by atoms with van der Waals surface area (Å²) in [5.74, 6) is 2.30. The Morgan fingerprint density at radius 3 is 2.41 bits per heavy atom. The highest BCUT2D eigenvalue weighted by molar-refractivity contribution is 7.80. The molecule has 2 aromatic carbocycles. The molecular formula is C27H32N4O2S. The van der Waals surface area contributed by atoms with Gasteiger partial charge in [0.05, 0.1) is 18.2 Å². The minimum Gasteiger partial charge on any atom is -0.494 e. The number of aromatic nitrogens is 2. The number of rotatable bonds is 8. The Bertz CT molecular complexity index is 1170. The Morgan fingerprint density at radius 2 is 1.79 bits per heavy atom. The zero-order valence-corrected chi connectivity index (χ0v) is 21.3. The first-order chi connectivity index (χ1) is 16.4. The van der Waals surface area contributed by atoms with Gasteiger partial charge in [0.2, 0.25) is 5.82 Å². The molecule has 1 unspecified atom stereocenters. The summed E-state index contributed by atoms with van der Waals surface area (Å²) >= 11 is 5.77. The summed E-state index contributed by atoms with van der Waals surface area (Å²) in [6, 6.07) is 16.2. The standard InChI is InChI=1S/C27H32N4O2S/c1-6-19-8-10-20(11-9-19)24-23(18(5)31(16-17(3)4)27(34)28-24)26-29-25(30-33-26)21-12-14-22(15-13-21)32-7-2/h8-15,17,24H,6-7,16H2,1-5H3,(H,28,34). The van der Waals surface area contributed by atoms with Crippen LogP contribution in [0.5, 0.6) is 5.75 Å². The Balaban J connectivity index is 1.75. The fraction of sp³-hybridized carbons (Fsp3) is 0.370. The van der Waals surface area contributed by atoms with Crippen molar-refractivity contribution in [3.63, 3.8) is 0 Å². The van der Waals surface area contributed by atoms with Crippen LogP contribution < -0.4 is 10.1 Å². The Morgan fingerprint density at radius 1 is 1.09 bits per heavy atom. The van der Waals surface area contributed by atoms with Crippen molar-refractivity contribution in [2.45, 2.75) is 47.1 Å². The normalized spacial score (nSPS) is 16.2. The highest BCUT2D eigenvalue weighted by Crippen LogP contribution is 2.37. The van der Waals surface area contributed by atoms with Gasteiger partial charge >= 0.3 is 0 Å². The second-order valence-corrected chi connectivity index (χ2v) is 9.25. The van der Waals surface area contributed by atoms with Crippen LogP contribution in [-0.4, -0.2) is 33.3 Å². The quantitative estimate of drug-likeness (QED) is 0.399. The minimum atomic E-state index is -0.171. The zero-order valence-electron chi connectivity index (χ0n) is 20.5. The highest BCUT2D eigenvalue weighted by Gasteiger charge is 2.34. The van der Waals surface area contributed by atoms with Crippen LogP contribution in [0.3, 0.4) is 0 Å². The van der Waals surface area contributed by atoms with E-state index >= 15 is 0 Å². The number of benzene rings is 2. The third kappa shape index (κ3) is 4.99. The lowest BCUT2D eigenvalue weighted by Gasteiger charge is -2.38. The molecule has 4 rings (SSSR count). The Labute approximate surface area is 207 Å². The zero-order chi connectivity index (χ0) is 24.2. The molecule has 0 fully saturated rings. The predicted octanol–water partition coefficient (Wildman–Crippen LogP) is 6.02. The fourth-order valence-electron chi connectivity index (χ4n) is 4.16. The molecule has 6 nitrogen and oxygen atoms in total. The Kier molecular flexibility index (Phi) is 7.32. The van der Waals surface area contributed by atoms with E-state index in [9.17, 15) is 0 Å². The van der Waals surface area contributed by atoms with E-state index in [-0.39, 0.29) is 6.04 Å². The second kappa shape index (κ2) is 10.4. The van der Waals surface area contributed by atoms with Crippen molar-refractivity contribution in [3.05, 3.63) is 71.2 Å². The van der Waals surface area contributed by atoms with Crippen LogP contribution in [-0.2, 0) is 6.42 Å². The van der Waals surface area contributed by atoms with Crippen molar-refractivity contribution in [1.29, 1.82) is 0 Å². The molecule has 1 aliphatic heterocycles. The fourth-order valence-corrected chi connectivity index (χ4v) is 4.49. The molecule has 1 N–H and O–H groups in total. The number of ether oxygens (including phenoxy) is 1. The molecule has 3 aromatic rings. The monoisotopic (exact) mass is 476 g/mol. The van der Waals surface area contributed by atoms with E-state index in [1.54, 1.807) is 0 Å². The summed E-state index contributed by atoms with van der Waals surface area (Å²) in [6.07, 6.45) is 0.996. The molecule has 0 saturated carbocycles. The molecule has 7 heteroatoms. The van der Waals surface area contributed by atoms with Gasteiger partial charge in [-0.1, -0.05) is 50.2 Å². The van der Waals surface area contributed by atoms with Crippen LogP contribution in [0.1, 0.15) is 57.7 Å². The molecular weight excluding hydrogens is 444 g/mol. The summed E-state index contributed by atoms with van der Waals surface area (Å²) in [7, 11) is 0. The molecule has 0 saturated heterocycles. The molecule has 34 heavy (non-hydrogen) atoms. The first kappa shape index (κ1) is 24.0. The van der Waals surface area contributed by atoms with Gasteiger partial charge in [-0.2, -0.15) is 4.98 Å². The number of allylic oxidation sites excluding steroid dienone is 1. The van der Waals surface area contributed by atoms with E-state index in [2.05, 4.69) is 67.3 Å². The van der Waals surface area contributed by atoms with Gasteiger partial charge in [-0.25, -0.2) is 0 Å². The molecule has 1 aliphatic rings. The minimum absolute atomic E-state index is 0.171. The average Bonchev–Trinajstić information content (AvgIpc) is 3.32. The lowest BCUT2D eigenvalue weighted by Crippen LogP contribution is -2.47. The van der Waals surface area contributed by atoms with E-state index < -0.39 is 0 Å². The first-order valence-electron chi connectivity index (χ1n) is 11.9. The predicted molar refractivity (Wildman–Crippen MR) is 139 cm³/mol. The van der Waals surface area contributed by atoms with E-state index in [4.69, 9.17) is 26.5 Å². The molecule has 0 aliphatic carbocycles. The van der Waals surface area contributed by atoms with Crippen molar-refractivity contribution in [1.82, 2.24) is 20.4 Å². The summed E-state index contributed by atoms with van der Waals surface area (Å²) in [5.41, 5.74) is 5.26. The van der Waals surface area contributed by atoms with Crippen molar-refractivity contribution >= 4 is 22.9 Å². The van der Waals surface area contributed by atoms with Crippen molar-refractivity contribution < 1.29 is 9.26 Å². The molecule has 0 spiro atoms. The Hall–Kier alpha value is -3.19. The van der Waals surface area contributed by atoms with Crippen molar-refractivity contribution in [2.75, 3.05) is 13.2 Å². The van der Waals surface area contributed by atoms with E-state index in [0.717, 1.165) is 41.1 Å². The number of nitrogens with one attached hydrogen (secondary N) is 1. The number of hydrogen-bond acceptors (Lipinski definition) is 5. The van der Waals surface area contributed by atoms with Crippen LogP contribution >= 0.6 is 12.2 Å². The van der Waals surface area contributed by atoms with Crippen LogP contribution in [0.15, 0.2) is 58.8 Å². The first-order valence-corrected chi connectivity index (χ1v) is 12.3. The third-order valence-electron chi connectivity index (χ3n) is 5.95.